The predicted molar refractivity (Wildman–Crippen MR) is 147 cm³/mol. The quantitative estimate of drug-likeness (QED) is 0.375. The van der Waals surface area contributed by atoms with E-state index in [1.807, 2.05) is 17.7 Å². The number of nitrogens with zero attached hydrogens (tertiary/aromatic N) is 2. The fourth-order valence-electron chi connectivity index (χ4n) is 5.31. The summed E-state index contributed by atoms with van der Waals surface area (Å²) >= 11 is 0. The van der Waals surface area contributed by atoms with Crippen molar-refractivity contribution in [1.29, 1.82) is 0 Å². The van der Waals surface area contributed by atoms with Gasteiger partial charge in [-0.2, -0.15) is 5.10 Å². The minimum Gasteiger partial charge on any atom is -0.363 e. The maximum atomic E-state index is 13.9. The summed E-state index contributed by atoms with van der Waals surface area (Å²) in [6.45, 7) is 12.8. The number of hydrogen-bond donors (Lipinski definition) is 2. The standard InChI is InChI=1S/C29H38N4O.ClH/c1-7-21-15-17-23(18-16-21)29(8-2,9-3)31-27(34)25-20(4)32-33-26(25)30-24(19-28(33,5)6)22-13-11-10-12-14-22;/h10-18,24,30H,7-9,19H2,1-6H3,(H,31,34);1H. The second-order valence-corrected chi connectivity index (χ2v) is 10.1. The molecule has 5 nitrogen and oxygen atoms in total. The van der Waals surface area contributed by atoms with Crippen molar-refractivity contribution in [3.8, 4) is 0 Å². The Hall–Kier alpha value is -2.79. The minimum absolute atomic E-state index is 0. The molecule has 1 atom stereocenters. The number of anilines is 1. The Bertz CT molecular complexity index is 1150. The lowest BCUT2D eigenvalue weighted by Gasteiger charge is -2.38. The summed E-state index contributed by atoms with van der Waals surface area (Å²) < 4.78 is 2.01. The number of carbonyl (C=O) groups is 1. The van der Waals surface area contributed by atoms with Crippen LogP contribution < -0.4 is 10.6 Å². The number of halogens is 1. The number of fused-ring (bicyclic) bond motifs is 1. The third-order valence-corrected chi connectivity index (χ3v) is 7.55. The molecule has 1 aliphatic heterocycles. The number of hydrogen-bond acceptors (Lipinski definition) is 3. The number of nitrogens with one attached hydrogen (secondary N) is 2. The van der Waals surface area contributed by atoms with Crippen LogP contribution in [0.1, 0.15) is 92.7 Å². The van der Waals surface area contributed by atoms with E-state index in [1.54, 1.807) is 0 Å². The van der Waals surface area contributed by atoms with Crippen molar-refractivity contribution < 1.29 is 4.79 Å². The molecule has 4 rings (SSSR count). The summed E-state index contributed by atoms with van der Waals surface area (Å²) in [6, 6.07) is 19.2. The molecule has 0 aliphatic carbocycles. The van der Waals surface area contributed by atoms with Crippen molar-refractivity contribution in [2.45, 2.75) is 84.3 Å². The van der Waals surface area contributed by atoms with Gasteiger partial charge in [-0.05, 0) is 63.1 Å². The first-order chi connectivity index (χ1) is 16.2. The zero-order chi connectivity index (χ0) is 24.5. The molecule has 1 aliphatic rings. The SMILES string of the molecule is CCc1ccc(C(CC)(CC)NC(=O)c2c(C)nn3c2NC(c2ccccc2)CC3(C)C)cc1.Cl. The van der Waals surface area contributed by atoms with Gasteiger partial charge in [-0.25, -0.2) is 4.68 Å². The van der Waals surface area contributed by atoms with Crippen LogP contribution in [0.4, 0.5) is 5.82 Å². The van der Waals surface area contributed by atoms with Gasteiger partial charge >= 0.3 is 0 Å². The maximum absolute atomic E-state index is 13.9. The molecule has 1 aromatic heterocycles. The van der Waals surface area contributed by atoms with Crippen LogP contribution in [-0.2, 0) is 17.5 Å². The lowest BCUT2D eigenvalue weighted by molar-refractivity contribution is 0.0889. The number of rotatable bonds is 7. The van der Waals surface area contributed by atoms with Crippen LogP contribution in [0, 0.1) is 6.92 Å². The van der Waals surface area contributed by atoms with Gasteiger partial charge in [-0.1, -0.05) is 75.4 Å². The van der Waals surface area contributed by atoms with Crippen molar-refractivity contribution in [2.24, 2.45) is 0 Å². The monoisotopic (exact) mass is 494 g/mol. The molecule has 6 heteroatoms. The van der Waals surface area contributed by atoms with E-state index in [4.69, 9.17) is 5.10 Å². The second kappa shape index (κ2) is 10.4. The van der Waals surface area contributed by atoms with Crippen LogP contribution in [-0.4, -0.2) is 15.7 Å². The Balaban J connectivity index is 0.00000342. The van der Waals surface area contributed by atoms with Gasteiger partial charge in [0.2, 0.25) is 0 Å². The number of aryl methyl sites for hydroxylation is 2. The predicted octanol–water partition coefficient (Wildman–Crippen LogP) is 6.91. The summed E-state index contributed by atoms with van der Waals surface area (Å²) in [6.07, 6.45) is 3.52. The van der Waals surface area contributed by atoms with Gasteiger partial charge in [0, 0.05) is 0 Å². The molecular weight excluding hydrogens is 456 g/mol. The summed E-state index contributed by atoms with van der Waals surface area (Å²) in [7, 11) is 0. The molecule has 35 heavy (non-hydrogen) atoms. The van der Waals surface area contributed by atoms with E-state index >= 15 is 0 Å². The Morgan fingerprint density at radius 3 is 2.29 bits per heavy atom. The topological polar surface area (TPSA) is 59.0 Å². The molecule has 0 radical (unpaired) electrons. The first-order valence-electron chi connectivity index (χ1n) is 12.6. The molecule has 2 aromatic carbocycles. The zero-order valence-corrected chi connectivity index (χ0v) is 22.6. The molecule has 0 spiro atoms. The fourth-order valence-corrected chi connectivity index (χ4v) is 5.31. The summed E-state index contributed by atoms with van der Waals surface area (Å²) in [5, 5.41) is 11.9. The van der Waals surface area contributed by atoms with Crippen molar-refractivity contribution in [2.75, 3.05) is 5.32 Å². The van der Waals surface area contributed by atoms with E-state index in [1.165, 1.54) is 11.1 Å². The normalized spacial score (nSPS) is 16.6. The Labute approximate surface area is 216 Å². The average Bonchev–Trinajstić information content (AvgIpc) is 3.20. The van der Waals surface area contributed by atoms with Crippen LogP contribution in [0.5, 0.6) is 0 Å². The zero-order valence-electron chi connectivity index (χ0n) is 21.8. The molecule has 2 heterocycles. The van der Waals surface area contributed by atoms with Gasteiger partial charge in [0.1, 0.15) is 11.4 Å². The average molecular weight is 495 g/mol. The second-order valence-electron chi connectivity index (χ2n) is 10.1. The smallest absolute Gasteiger partial charge is 0.257 e. The number of carbonyl (C=O) groups excluding carboxylic acids is 1. The number of benzene rings is 2. The molecule has 3 aromatic rings. The maximum Gasteiger partial charge on any atom is 0.257 e. The molecule has 0 saturated heterocycles. The number of aromatic nitrogens is 2. The van der Waals surface area contributed by atoms with E-state index in [-0.39, 0.29) is 29.9 Å². The van der Waals surface area contributed by atoms with Gasteiger partial charge in [-0.15, -0.1) is 12.4 Å². The van der Waals surface area contributed by atoms with Gasteiger partial charge in [-0.3, -0.25) is 4.79 Å². The largest absolute Gasteiger partial charge is 0.363 e. The molecule has 1 unspecified atom stereocenters. The molecule has 188 valence electrons. The molecule has 1 amide bonds. The molecule has 0 saturated carbocycles. The lowest BCUT2D eigenvalue weighted by atomic mass is 9.83. The van der Waals surface area contributed by atoms with Crippen LogP contribution in [0.25, 0.3) is 0 Å². The van der Waals surface area contributed by atoms with Gasteiger partial charge < -0.3 is 10.6 Å². The molecule has 0 fully saturated rings. The third-order valence-electron chi connectivity index (χ3n) is 7.55. The van der Waals surface area contributed by atoms with Crippen molar-refractivity contribution in [1.82, 2.24) is 15.1 Å². The van der Waals surface area contributed by atoms with E-state index < -0.39 is 5.54 Å². The first-order valence-corrected chi connectivity index (χ1v) is 12.6. The van der Waals surface area contributed by atoms with E-state index in [2.05, 4.69) is 93.8 Å². The van der Waals surface area contributed by atoms with Crippen LogP contribution in [0.3, 0.4) is 0 Å². The minimum atomic E-state index is -0.423. The lowest BCUT2D eigenvalue weighted by Crippen LogP contribution is -2.45. The highest BCUT2D eigenvalue weighted by Gasteiger charge is 2.39. The van der Waals surface area contributed by atoms with Crippen molar-refractivity contribution in [3.05, 3.63) is 82.5 Å². The van der Waals surface area contributed by atoms with Gasteiger partial charge in [0.25, 0.3) is 5.91 Å². The Morgan fingerprint density at radius 1 is 1.09 bits per heavy atom. The molecular formula is C29H39ClN4O. The highest BCUT2D eigenvalue weighted by atomic mass is 35.5. The van der Waals surface area contributed by atoms with E-state index in [0.29, 0.717) is 5.56 Å². The van der Waals surface area contributed by atoms with Crippen LogP contribution >= 0.6 is 12.4 Å². The first kappa shape index (κ1) is 26.8. The van der Waals surface area contributed by atoms with Gasteiger partial charge in [0.05, 0.1) is 22.8 Å². The highest BCUT2D eigenvalue weighted by Crippen LogP contribution is 2.41. The Morgan fingerprint density at radius 2 is 1.71 bits per heavy atom. The summed E-state index contributed by atoms with van der Waals surface area (Å²) in [5.74, 6) is 0.738. The Kier molecular flexibility index (Phi) is 8.00. The summed E-state index contributed by atoms with van der Waals surface area (Å²) in [5.41, 5.74) is 4.43. The van der Waals surface area contributed by atoms with Crippen LogP contribution in [0.2, 0.25) is 0 Å². The molecule has 0 bridgehead atoms. The molecule has 2 N–H and O–H groups in total. The highest BCUT2D eigenvalue weighted by molar-refractivity contribution is 6.00. The van der Waals surface area contributed by atoms with E-state index in [0.717, 1.165) is 42.8 Å². The van der Waals surface area contributed by atoms with Gasteiger partial charge in [0.15, 0.2) is 0 Å². The van der Waals surface area contributed by atoms with Crippen molar-refractivity contribution >= 4 is 24.1 Å². The fraction of sp³-hybridized carbons (Fsp3) is 0.448. The van der Waals surface area contributed by atoms with E-state index in [9.17, 15) is 4.79 Å². The third kappa shape index (κ3) is 4.97. The van der Waals surface area contributed by atoms with Crippen molar-refractivity contribution in [3.63, 3.8) is 0 Å². The number of amides is 1. The summed E-state index contributed by atoms with van der Waals surface area (Å²) in [4.78, 5) is 13.9. The van der Waals surface area contributed by atoms with Crippen LogP contribution in [0.15, 0.2) is 54.6 Å².